The molecule has 0 saturated heterocycles. The van der Waals surface area contributed by atoms with Crippen LogP contribution in [0.2, 0.25) is 0 Å². The summed E-state index contributed by atoms with van der Waals surface area (Å²) < 4.78 is 0. The van der Waals surface area contributed by atoms with Crippen molar-refractivity contribution in [1.29, 1.82) is 0 Å². The molecule has 1 fully saturated rings. The maximum Gasteiger partial charge on any atom is 0.0446 e. The topological polar surface area (TPSA) is 0 Å². The molecule has 0 aromatic rings. The van der Waals surface area contributed by atoms with Gasteiger partial charge in [0, 0.05) is 4.83 Å². The van der Waals surface area contributed by atoms with Crippen LogP contribution in [0.25, 0.3) is 0 Å². The zero-order chi connectivity index (χ0) is 8.43. The lowest BCUT2D eigenvalue weighted by atomic mass is 9.77. The summed E-state index contributed by atoms with van der Waals surface area (Å²) in [5.74, 6) is 2.56. The Morgan fingerprint density at radius 2 is 2.00 bits per heavy atom. The van der Waals surface area contributed by atoms with Crippen molar-refractivity contribution < 1.29 is 0 Å². The molecule has 0 N–H and O–H groups in total. The second-order valence-corrected chi connectivity index (χ2v) is 5.20. The summed E-state index contributed by atoms with van der Waals surface area (Å²) in [6, 6.07) is 0. The van der Waals surface area contributed by atoms with Crippen molar-refractivity contribution in [3.8, 4) is 0 Å². The Bertz CT molecular complexity index is 120. The van der Waals surface area contributed by atoms with Crippen LogP contribution in [0.1, 0.15) is 40.0 Å². The molecule has 0 aliphatic heterocycles. The van der Waals surface area contributed by atoms with Crippen molar-refractivity contribution >= 4 is 15.9 Å². The van der Waals surface area contributed by atoms with E-state index in [9.17, 15) is 0 Å². The molecule has 1 rings (SSSR count). The Morgan fingerprint density at radius 3 is 2.45 bits per heavy atom. The molecule has 1 heteroatoms. The lowest BCUT2D eigenvalue weighted by molar-refractivity contribution is 0.293. The van der Waals surface area contributed by atoms with Gasteiger partial charge in [0.05, 0.1) is 0 Å². The van der Waals surface area contributed by atoms with E-state index in [1.165, 1.54) is 19.3 Å². The summed E-state index contributed by atoms with van der Waals surface area (Å²) in [7, 11) is 0. The van der Waals surface area contributed by atoms with Gasteiger partial charge in [-0.25, -0.2) is 0 Å². The quantitative estimate of drug-likeness (QED) is 0.623. The Balaban J connectivity index is 2.44. The van der Waals surface area contributed by atoms with E-state index >= 15 is 0 Å². The predicted molar refractivity (Wildman–Crippen MR) is 53.5 cm³/mol. The highest BCUT2D eigenvalue weighted by Gasteiger charge is 2.28. The molecule has 2 unspecified atom stereocenters. The first-order valence-corrected chi connectivity index (χ1v) is 5.41. The molecule has 1 radical (unpaired) electrons. The van der Waals surface area contributed by atoms with Gasteiger partial charge in [-0.05, 0) is 30.6 Å². The van der Waals surface area contributed by atoms with E-state index in [1.807, 2.05) is 0 Å². The summed E-state index contributed by atoms with van der Waals surface area (Å²) >= 11 is 3.71. The highest BCUT2D eigenvalue weighted by molar-refractivity contribution is 9.11. The third kappa shape index (κ3) is 2.47. The van der Waals surface area contributed by atoms with E-state index < -0.39 is 0 Å². The molecule has 0 heterocycles. The van der Waals surface area contributed by atoms with Crippen LogP contribution in [0.3, 0.4) is 0 Å². The molecule has 2 atom stereocenters. The first-order chi connectivity index (χ1) is 5.11. The van der Waals surface area contributed by atoms with E-state index in [1.54, 1.807) is 4.83 Å². The van der Waals surface area contributed by atoms with E-state index in [2.05, 4.69) is 36.7 Å². The van der Waals surface area contributed by atoms with E-state index in [4.69, 9.17) is 0 Å². The number of halogens is 1. The average molecular weight is 218 g/mol. The van der Waals surface area contributed by atoms with Crippen LogP contribution in [0.5, 0.6) is 0 Å². The summed E-state index contributed by atoms with van der Waals surface area (Å²) in [6.07, 6.45) is 4.10. The molecule has 0 spiro atoms. The second-order valence-electron chi connectivity index (χ2n) is 4.18. The van der Waals surface area contributed by atoms with Gasteiger partial charge in [-0.1, -0.05) is 43.1 Å². The van der Waals surface area contributed by atoms with Crippen molar-refractivity contribution in [2.24, 2.45) is 17.8 Å². The number of hydrogen-bond donors (Lipinski definition) is 0. The molecule has 1 aliphatic carbocycles. The third-order valence-corrected chi connectivity index (χ3v) is 3.63. The Hall–Kier alpha value is 0.480. The van der Waals surface area contributed by atoms with Gasteiger partial charge in [0.15, 0.2) is 0 Å². The lowest BCUT2D eigenvalue weighted by Crippen LogP contribution is -2.22. The summed E-state index contributed by atoms with van der Waals surface area (Å²) in [4.78, 5) is 1.56. The number of hydrogen-bond acceptors (Lipinski definition) is 0. The van der Waals surface area contributed by atoms with Crippen molar-refractivity contribution in [2.45, 2.75) is 40.0 Å². The molecular weight excluding hydrogens is 200 g/mol. The van der Waals surface area contributed by atoms with Crippen molar-refractivity contribution in [1.82, 2.24) is 0 Å². The van der Waals surface area contributed by atoms with Gasteiger partial charge in [-0.2, -0.15) is 0 Å². The van der Waals surface area contributed by atoms with Crippen LogP contribution in [0, 0.1) is 22.6 Å². The fourth-order valence-electron chi connectivity index (χ4n) is 1.90. The van der Waals surface area contributed by atoms with Crippen molar-refractivity contribution in [2.75, 3.05) is 0 Å². The first kappa shape index (κ1) is 9.57. The standard InChI is InChI=1S/C10H18Br/c1-7(2)9-5-4-8(3)6-10(9)11/h7-9H,4-6H2,1-3H3. The minimum atomic E-state index is 0.817. The van der Waals surface area contributed by atoms with Gasteiger partial charge in [0.1, 0.15) is 0 Å². The minimum absolute atomic E-state index is 0.817. The Morgan fingerprint density at radius 1 is 1.36 bits per heavy atom. The van der Waals surface area contributed by atoms with Crippen LogP contribution < -0.4 is 0 Å². The zero-order valence-electron chi connectivity index (χ0n) is 7.73. The molecule has 0 aromatic carbocycles. The Kier molecular flexibility index (Phi) is 3.42. The second kappa shape index (κ2) is 3.93. The average Bonchev–Trinajstić information content (AvgIpc) is 1.85. The summed E-state index contributed by atoms with van der Waals surface area (Å²) in [5, 5.41) is 0. The largest absolute Gasteiger partial charge is 0.0835 e. The number of rotatable bonds is 1. The van der Waals surface area contributed by atoms with Gasteiger partial charge in [0.25, 0.3) is 0 Å². The van der Waals surface area contributed by atoms with Crippen LogP contribution in [-0.2, 0) is 0 Å². The highest BCUT2D eigenvalue weighted by atomic mass is 79.9. The van der Waals surface area contributed by atoms with Crippen molar-refractivity contribution in [3.05, 3.63) is 4.83 Å². The smallest absolute Gasteiger partial charge is 0.0446 e. The van der Waals surface area contributed by atoms with Crippen LogP contribution in [0.4, 0.5) is 0 Å². The third-order valence-electron chi connectivity index (χ3n) is 2.72. The van der Waals surface area contributed by atoms with Gasteiger partial charge < -0.3 is 0 Å². The van der Waals surface area contributed by atoms with Gasteiger partial charge in [-0.15, -0.1) is 0 Å². The molecular formula is C10H18Br. The zero-order valence-corrected chi connectivity index (χ0v) is 9.32. The Labute approximate surface area is 78.9 Å². The van der Waals surface area contributed by atoms with E-state index in [0.717, 1.165) is 17.8 Å². The molecule has 0 amide bonds. The fourth-order valence-corrected chi connectivity index (χ4v) is 3.21. The maximum absolute atomic E-state index is 3.71. The summed E-state index contributed by atoms with van der Waals surface area (Å²) in [6.45, 7) is 6.99. The van der Waals surface area contributed by atoms with Crippen LogP contribution >= 0.6 is 15.9 Å². The SMILES string of the molecule is CC1CCC(C(C)C)[C](Br)C1. The molecule has 65 valence electrons. The highest BCUT2D eigenvalue weighted by Crippen LogP contribution is 2.42. The van der Waals surface area contributed by atoms with Crippen LogP contribution in [0.15, 0.2) is 0 Å². The van der Waals surface area contributed by atoms with E-state index in [0.29, 0.717) is 0 Å². The molecule has 0 nitrogen and oxygen atoms in total. The predicted octanol–water partition coefficient (Wildman–Crippen LogP) is 4.01. The first-order valence-electron chi connectivity index (χ1n) is 4.62. The van der Waals surface area contributed by atoms with Crippen LogP contribution in [-0.4, -0.2) is 0 Å². The molecule has 1 saturated carbocycles. The minimum Gasteiger partial charge on any atom is -0.0835 e. The fraction of sp³-hybridized carbons (Fsp3) is 0.900. The van der Waals surface area contributed by atoms with Gasteiger partial charge >= 0.3 is 0 Å². The summed E-state index contributed by atoms with van der Waals surface area (Å²) in [5.41, 5.74) is 0. The van der Waals surface area contributed by atoms with Gasteiger partial charge in [0.2, 0.25) is 0 Å². The monoisotopic (exact) mass is 217 g/mol. The molecule has 0 aromatic heterocycles. The molecule has 11 heavy (non-hydrogen) atoms. The lowest BCUT2D eigenvalue weighted by Gasteiger charge is -2.33. The van der Waals surface area contributed by atoms with Crippen molar-refractivity contribution in [3.63, 3.8) is 0 Å². The molecule has 1 aliphatic rings. The molecule has 0 bridgehead atoms. The normalized spacial score (nSPS) is 34.6. The maximum atomic E-state index is 3.71. The van der Waals surface area contributed by atoms with E-state index in [-0.39, 0.29) is 0 Å². The van der Waals surface area contributed by atoms with Gasteiger partial charge in [-0.3, -0.25) is 0 Å².